The van der Waals surface area contributed by atoms with Crippen LogP contribution in [0.4, 0.5) is 8.78 Å². The smallest absolute Gasteiger partial charge is 0.308 e. The number of carbonyl (C=O) groups is 1. The highest BCUT2D eigenvalue weighted by molar-refractivity contribution is 9.10. The largest absolute Gasteiger partial charge is 0.481 e. The molecule has 0 saturated carbocycles. The summed E-state index contributed by atoms with van der Waals surface area (Å²) in [6, 6.07) is 0.530. The van der Waals surface area contributed by atoms with E-state index in [4.69, 9.17) is 5.11 Å². The molecule has 1 fully saturated rings. The van der Waals surface area contributed by atoms with Crippen molar-refractivity contribution in [2.75, 3.05) is 6.54 Å². The monoisotopic (exact) mass is 383 g/mol. The van der Waals surface area contributed by atoms with Crippen LogP contribution in [0.25, 0.3) is 0 Å². The average molecular weight is 384 g/mol. The first-order valence-electron chi connectivity index (χ1n) is 6.05. The number of benzene rings is 1. The molecule has 1 heterocycles. The van der Waals surface area contributed by atoms with E-state index >= 15 is 0 Å². The lowest BCUT2D eigenvalue weighted by atomic mass is 10.0. The Morgan fingerprint density at radius 3 is 2.52 bits per heavy atom. The summed E-state index contributed by atoms with van der Waals surface area (Å²) >= 11 is 2.84. The van der Waals surface area contributed by atoms with E-state index in [0.717, 1.165) is 10.4 Å². The average Bonchev–Trinajstić information content (AvgIpc) is 2.69. The molecule has 1 aliphatic rings. The fraction of sp³-hybridized carbons (Fsp3) is 0.417. The van der Waals surface area contributed by atoms with Gasteiger partial charge in [-0.2, -0.15) is 4.31 Å². The van der Waals surface area contributed by atoms with Crippen molar-refractivity contribution in [3.05, 3.63) is 28.2 Å². The van der Waals surface area contributed by atoms with Gasteiger partial charge in [-0.15, -0.1) is 0 Å². The molecule has 1 aliphatic heterocycles. The summed E-state index contributed by atoms with van der Waals surface area (Å²) in [5.74, 6) is -4.06. The van der Waals surface area contributed by atoms with Crippen molar-refractivity contribution in [1.29, 1.82) is 0 Å². The minimum Gasteiger partial charge on any atom is -0.481 e. The number of aliphatic carboxylic acids is 1. The number of carboxylic acid groups (broad SMARTS) is 1. The van der Waals surface area contributed by atoms with Crippen molar-refractivity contribution in [3.63, 3.8) is 0 Å². The molecule has 9 heteroatoms. The zero-order valence-electron chi connectivity index (χ0n) is 10.9. The SMILES string of the molecule is CC1C(C(=O)O)CCN1S(=O)(=O)c1c(F)cc(F)cc1Br. The van der Waals surface area contributed by atoms with Crippen molar-refractivity contribution < 1.29 is 27.1 Å². The zero-order valence-corrected chi connectivity index (χ0v) is 13.3. The molecular weight excluding hydrogens is 372 g/mol. The highest BCUT2D eigenvalue weighted by Crippen LogP contribution is 2.34. The summed E-state index contributed by atoms with van der Waals surface area (Å²) in [6.45, 7) is 1.43. The van der Waals surface area contributed by atoms with Crippen molar-refractivity contribution in [1.82, 2.24) is 4.31 Å². The molecule has 0 aromatic heterocycles. The van der Waals surface area contributed by atoms with Crippen LogP contribution in [-0.4, -0.2) is 36.4 Å². The van der Waals surface area contributed by atoms with E-state index in [1.807, 2.05) is 0 Å². The predicted octanol–water partition coefficient (Wildman–Crippen LogP) is 2.21. The van der Waals surface area contributed by atoms with Crippen molar-refractivity contribution in [2.24, 2.45) is 5.92 Å². The van der Waals surface area contributed by atoms with Gasteiger partial charge in [0, 0.05) is 23.1 Å². The molecule has 1 aromatic rings. The number of hydrogen-bond acceptors (Lipinski definition) is 3. The Hall–Kier alpha value is -1.06. The molecular formula is C12H12BrF2NO4S. The molecule has 2 atom stereocenters. The molecule has 1 saturated heterocycles. The van der Waals surface area contributed by atoms with E-state index < -0.39 is 44.5 Å². The van der Waals surface area contributed by atoms with Gasteiger partial charge >= 0.3 is 5.97 Å². The molecule has 1 aromatic carbocycles. The lowest BCUT2D eigenvalue weighted by Gasteiger charge is -2.23. The molecule has 21 heavy (non-hydrogen) atoms. The van der Waals surface area contributed by atoms with Crippen LogP contribution < -0.4 is 0 Å². The van der Waals surface area contributed by atoms with Crippen LogP contribution in [0, 0.1) is 17.6 Å². The third-order valence-electron chi connectivity index (χ3n) is 3.54. The first-order chi connectivity index (χ1) is 9.66. The Kier molecular flexibility index (Phi) is 4.36. The molecule has 0 spiro atoms. The second-order valence-electron chi connectivity index (χ2n) is 4.79. The second-order valence-corrected chi connectivity index (χ2v) is 7.47. The zero-order chi connectivity index (χ0) is 15.9. The molecule has 2 rings (SSSR count). The summed E-state index contributed by atoms with van der Waals surface area (Å²) in [5.41, 5.74) is 0. The van der Waals surface area contributed by atoms with Crippen LogP contribution in [0.5, 0.6) is 0 Å². The molecule has 5 nitrogen and oxygen atoms in total. The first-order valence-corrected chi connectivity index (χ1v) is 8.28. The van der Waals surface area contributed by atoms with Crippen molar-refractivity contribution in [2.45, 2.75) is 24.3 Å². The number of hydrogen-bond donors (Lipinski definition) is 1. The molecule has 0 aliphatic carbocycles. The Balaban J connectivity index is 2.47. The first kappa shape index (κ1) is 16.3. The number of nitrogens with zero attached hydrogens (tertiary/aromatic N) is 1. The molecule has 0 amide bonds. The Morgan fingerprint density at radius 1 is 1.43 bits per heavy atom. The van der Waals surface area contributed by atoms with Gasteiger partial charge in [-0.25, -0.2) is 17.2 Å². The number of halogens is 3. The van der Waals surface area contributed by atoms with Crippen LogP contribution in [0.15, 0.2) is 21.5 Å². The Labute approximate surface area is 128 Å². The minimum atomic E-state index is -4.25. The van der Waals surface area contributed by atoms with Crippen LogP contribution in [-0.2, 0) is 14.8 Å². The van der Waals surface area contributed by atoms with Gasteiger partial charge in [-0.1, -0.05) is 0 Å². The fourth-order valence-electron chi connectivity index (χ4n) is 2.47. The maximum Gasteiger partial charge on any atom is 0.308 e. The predicted molar refractivity (Wildman–Crippen MR) is 73.2 cm³/mol. The van der Waals surface area contributed by atoms with E-state index in [1.54, 1.807) is 0 Å². The van der Waals surface area contributed by atoms with E-state index in [0.29, 0.717) is 6.07 Å². The Bertz CT molecular complexity index is 671. The molecule has 0 bridgehead atoms. The fourth-order valence-corrected chi connectivity index (χ4v) is 5.27. The number of sulfonamides is 1. The van der Waals surface area contributed by atoms with Crippen LogP contribution in [0.3, 0.4) is 0 Å². The van der Waals surface area contributed by atoms with Gasteiger partial charge in [0.1, 0.15) is 16.5 Å². The van der Waals surface area contributed by atoms with Gasteiger partial charge in [0.15, 0.2) is 0 Å². The quantitative estimate of drug-likeness (QED) is 0.867. The van der Waals surface area contributed by atoms with Crippen LogP contribution in [0.1, 0.15) is 13.3 Å². The normalized spacial score (nSPS) is 23.4. The molecule has 116 valence electrons. The van der Waals surface area contributed by atoms with Gasteiger partial charge in [-0.05, 0) is 35.3 Å². The van der Waals surface area contributed by atoms with Crippen LogP contribution in [0.2, 0.25) is 0 Å². The van der Waals surface area contributed by atoms with Gasteiger partial charge < -0.3 is 5.11 Å². The molecule has 2 unspecified atom stereocenters. The summed E-state index contributed by atoms with van der Waals surface area (Å²) in [4.78, 5) is 10.4. The summed E-state index contributed by atoms with van der Waals surface area (Å²) in [6.07, 6.45) is 0.149. The minimum absolute atomic E-state index is 0.0241. The second kappa shape index (κ2) is 5.62. The summed E-state index contributed by atoms with van der Waals surface area (Å²) in [5, 5.41) is 9.03. The molecule has 1 N–H and O–H groups in total. The standard InChI is InChI=1S/C12H12BrF2NO4S/c1-6-8(12(17)18)2-3-16(6)21(19,20)11-9(13)4-7(14)5-10(11)15/h4-6,8H,2-3H2,1H3,(H,17,18). The van der Waals surface area contributed by atoms with Crippen LogP contribution >= 0.6 is 15.9 Å². The third kappa shape index (κ3) is 2.82. The van der Waals surface area contributed by atoms with E-state index in [-0.39, 0.29) is 17.4 Å². The Morgan fingerprint density at radius 2 is 2.05 bits per heavy atom. The maximum absolute atomic E-state index is 13.9. The summed E-state index contributed by atoms with van der Waals surface area (Å²) in [7, 11) is -4.25. The van der Waals surface area contributed by atoms with Crippen molar-refractivity contribution >= 4 is 31.9 Å². The lowest BCUT2D eigenvalue weighted by molar-refractivity contribution is -0.142. The van der Waals surface area contributed by atoms with Gasteiger partial charge in [0.2, 0.25) is 10.0 Å². The van der Waals surface area contributed by atoms with E-state index in [2.05, 4.69) is 15.9 Å². The number of carboxylic acids is 1. The molecule has 0 radical (unpaired) electrons. The van der Waals surface area contributed by atoms with Gasteiger partial charge in [0.05, 0.1) is 5.92 Å². The number of rotatable bonds is 3. The van der Waals surface area contributed by atoms with E-state index in [9.17, 15) is 22.0 Å². The third-order valence-corrected chi connectivity index (χ3v) is 6.50. The van der Waals surface area contributed by atoms with Gasteiger partial charge in [0.25, 0.3) is 0 Å². The highest BCUT2D eigenvalue weighted by Gasteiger charge is 2.43. The van der Waals surface area contributed by atoms with Crippen molar-refractivity contribution in [3.8, 4) is 0 Å². The topological polar surface area (TPSA) is 74.7 Å². The van der Waals surface area contributed by atoms with E-state index in [1.165, 1.54) is 6.92 Å². The maximum atomic E-state index is 13.9. The highest BCUT2D eigenvalue weighted by atomic mass is 79.9. The van der Waals surface area contributed by atoms with Gasteiger partial charge in [-0.3, -0.25) is 4.79 Å². The lowest BCUT2D eigenvalue weighted by Crippen LogP contribution is -2.38. The summed E-state index contributed by atoms with van der Waals surface area (Å²) < 4.78 is 52.6.